The fraction of sp³-hybridized carbons (Fsp3) is 0.533. The van der Waals surface area contributed by atoms with Crippen LogP contribution < -0.4 is 5.32 Å². The molecular formula is C15H20N2O3S. The number of carbonyl (C=O) groups excluding carboxylic acids is 1. The first kappa shape index (κ1) is 14.4. The Kier molecular flexibility index (Phi) is 3.89. The Morgan fingerprint density at radius 1 is 1.24 bits per heavy atom. The molecule has 1 saturated heterocycles. The van der Waals surface area contributed by atoms with Crippen LogP contribution in [0.5, 0.6) is 0 Å². The Balaban J connectivity index is 1.65. The molecular weight excluding hydrogens is 288 g/mol. The molecule has 0 aromatic heterocycles. The van der Waals surface area contributed by atoms with Crippen molar-refractivity contribution in [2.24, 2.45) is 0 Å². The van der Waals surface area contributed by atoms with Crippen molar-refractivity contribution in [2.75, 3.05) is 36.5 Å². The van der Waals surface area contributed by atoms with E-state index in [0.29, 0.717) is 25.9 Å². The maximum atomic E-state index is 12.4. The molecule has 1 fully saturated rings. The Hall–Kier alpha value is -1.56. The summed E-state index contributed by atoms with van der Waals surface area (Å²) in [5, 5.41) is 3.32. The van der Waals surface area contributed by atoms with Crippen molar-refractivity contribution in [3.63, 3.8) is 0 Å². The lowest BCUT2D eigenvalue weighted by Crippen LogP contribution is -2.34. The fourth-order valence-corrected chi connectivity index (χ4v) is 4.34. The van der Waals surface area contributed by atoms with Gasteiger partial charge in [-0.15, -0.1) is 0 Å². The first-order valence-corrected chi connectivity index (χ1v) is 9.18. The topological polar surface area (TPSA) is 66.5 Å². The van der Waals surface area contributed by atoms with Crippen LogP contribution in [0.4, 0.5) is 5.69 Å². The van der Waals surface area contributed by atoms with E-state index in [1.165, 1.54) is 5.56 Å². The van der Waals surface area contributed by atoms with Gasteiger partial charge in [-0.05, 0) is 18.1 Å². The van der Waals surface area contributed by atoms with E-state index in [1.54, 1.807) is 4.90 Å². The largest absolute Gasteiger partial charge is 0.384 e. The second-order valence-corrected chi connectivity index (χ2v) is 8.06. The number of amides is 1. The van der Waals surface area contributed by atoms with Gasteiger partial charge in [0.2, 0.25) is 5.91 Å². The number of hydrogen-bond acceptors (Lipinski definition) is 4. The minimum atomic E-state index is -2.97. The van der Waals surface area contributed by atoms with Crippen molar-refractivity contribution in [1.82, 2.24) is 4.90 Å². The molecule has 1 aromatic rings. The van der Waals surface area contributed by atoms with E-state index in [-0.39, 0.29) is 23.3 Å². The summed E-state index contributed by atoms with van der Waals surface area (Å²) in [6.45, 7) is 1.67. The van der Waals surface area contributed by atoms with Gasteiger partial charge in [-0.2, -0.15) is 0 Å². The number of carbonyl (C=O) groups is 1. The summed E-state index contributed by atoms with van der Waals surface area (Å²) in [5.41, 5.74) is 2.29. The summed E-state index contributed by atoms with van der Waals surface area (Å²) in [6, 6.07) is 8.05. The van der Waals surface area contributed by atoms with Gasteiger partial charge >= 0.3 is 0 Å². The fourth-order valence-electron chi connectivity index (χ4n) is 3.07. The van der Waals surface area contributed by atoms with Gasteiger partial charge in [0.05, 0.1) is 11.5 Å². The zero-order valence-corrected chi connectivity index (χ0v) is 12.7. The van der Waals surface area contributed by atoms with E-state index < -0.39 is 9.84 Å². The molecule has 3 rings (SSSR count). The molecule has 0 bridgehead atoms. The van der Waals surface area contributed by atoms with Crippen LogP contribution in [0.15, 0.2) is 24.3 Å². The minimum absolute atomic E-state index is 0.0654. The molecule has 1 unspecified atom stereocenters. The van der Waals surface area contributed by atoms with Crippen LogP contribution in [0.3, 0.4) is 0 Å². The maximum Gasteiger partial charge on any atom is 0.223 e. The molecule has 2 heterocycles. The molecule has 1 aromatic carbocycles. The van der Waals surface area contributed by atoms with Gasteiger partial charge in [0.25, 0.3) is 0 Å². The van der Waals surface area contributed by atoms with Crippen LogP contribution in [0.25, 0.3) is 0 Å². The summed E-state index contributed by atoms with van der Waals surface area (Å²) in [5.74, 6) is 0.548. The lowest BCUT2D eigenvalue weighted by Gasteiger charge is -2.21. The third-order valence-electron chi connectivity index (χ3n) is 4.27. The van der Waals surface area contributed by atoms with Crippen molar-refractivity contribution in [3.05, 3.63) is 29.8 Å². The van der Waals surface area contributed by atoms with Gasteiger partial charge in [-0.1, -0.05) is 18.2 Å². The number of anilines is 1. The Morgan fingerprint density at radius 3 is 2.90 bits per heavy atom. The van der Waals surface area contributed by atoms with Crippen LogP contribution in [-0.4, -0.2) is 50.4 Å². The molecule has 1 N–H and O–H groups in total. The Morgan fingerprint density at radius 2 is 2.05 bits per heavy atom. The number of nitrogens with one attached hydrogen (secondary N) is 1. The highest BCUT2D eigenvalue weighted by atomic mass is 32.2. The summed E-state index contributed by atoms with van der Waals surface area (Å²) >= 11 is 0. The monoisotopic (exact) mass is 308 g/mol. The maximum absolute atomic E-state index is 12.4. The van der Waals surface area contributed by atoms with Crippen molar-refractivity contribution in [1.29, 1.82) is 0 Å². The summed E-state index contributed by atoms with van der Waals surface area (Å²) in [6.07, 6.45) is 0.998. The molecule has 5 nitrogen and oxygen atoms in total. The number of hydrogen-bond donors (Lipinski definition) is 1. The first-order valence-electron chi connectivity index (χ1n) is 7.36. The molecule has 0 radical (unpaired) electrons. The zero-order chi connectivity index (χ0) is 14.9. The van der Waals surface area contributed by atoms with E-state index in [0.717, 1.165) is 12.2 Å². The number of fused-ring (bicyclic) bond motifs is 1. The summed E-state index contributed by atoms with van der Waals surface area (Å²) < 4.78 is 23.2. The molecule has 2 aliphatic heterocycles. The number of sulfone groups is 1. The van der Waals surface area contributed by atoms with Crippen molar-refractivity contribution in [3.8, 4) is 0 Å². The molecule has 114 valence electrons. The van der Waals surface area contributed by atoms with E-state index >= 15 is 0 Å². The average Bonchev–Trinajstić information content (AvgIpc) is 2.76. The average molecular weight is 308 g/mol. The second kappa shape index (κ2) is 5.67. The van der Waals surface area contributed by atoms with Crippen molar-refractivity contribution >= 4 is 21.4 Å². The van der Waals surface area contributed by atoms with E-state index in [1.807, 2.05) is 18.2 Å². The number of benzene rings is 1. The van der Waals surface area contributed by atoms with Crippen LogP contribution in [0.1, 0.15) is 24.3 Å². The third kappa shape index (κ3) is 3.20. The predicted molar refractivity (Wildman–Crippen MR) is 82.1 cm³/mol. The Labute approximate surface area is 125 Å². The molecule has 1 atom stereocenters. The molecule has 0 aliphatic carbocycles. The van der Waals surface area contributed by atoms with E-state index in [9.17, 15) is 13.2 Å². The van der Waals surface area contributed by atoms with Crippen LogP contribution in [0, 0.1) is 0 Å². The quantitative estimate of drug-likeness (QED) is 0.892. The van der Waals surface area contributed by atoms with Crippen molar-refractivity contribution in [2.45, 2.75) is 18.8 Å². The first-order chi connectivity index (χ1) is 10.1. The lowest BCUT2D eigenvalue weighted by molar-refractivity contribution is -0.131. The van der Waals surface area contributed by atoms with E-state index in [2.05, 4.69) is 11.4 Å². The van der Waals surface area contributed by atoms with Crippen molar-refractivity contribution < 1.29 is 13.2 Å². The standard InChI is InChI=1S/C15H20N2O3S/c18-15(17-6-3-8-21(19,20)9-7-17)10-12-11-16-14-5-2-1-4-13(12)14/h1-2,4-5,12,16H,3,6-11H2. The van der Waals surface area contributed by atoms with Gasteiger partial charge in [0, 0.05) is 37.7 Å². The zero-order valence-electron chi connectivity index (χ0n) is 11.9. The molecule has 2 aliphatic rings. The van der Waals surface area contributed by atoms with Crippen LogP contribution in [0.2, 0.25) is 0 Å². The minimum Gasteiger partial charge on any atom is -0.384 e. The molecule has 21 heavy (non-hydrogen) atoms. The summed E-state index contributed by atoms with van der Waals surface area (Å²) in [7, 11) is -2.97. The normalized spacial score (nSPS) is 24.0. The van der Waals surface area contributed by atoms with Gasteiger partial charge in [-0.3, -0.25) is 4.79 Å². The number of rotatable bonds is 2. The number of nitrogens with zero attached hydrogens (tertiary/aromatic N) is 1. The highest BCUT2D eigenvalue weighted by Gasteiger charge is 2.28. The van der Waals surface area contributed by atoms with Crippen LogP contribution in [-0.2, 0) is 14.6 Å². The molecule has 6 heteroatoms. The predicted octanol–water partition coefficient (Wildman–Crippen LogP) is 1.23. The molecule has 0 saturated carbocycles. The second-order valence-electron chi connectivity index (χ2n) is 5.76. The smallest absolute Gasteiger partial charge is 0.223 e. The third-order valence-corrected chi connectivity index (χ3v) is 5.98. The summed E-state index contributed by atoms with van der Waals surface area (Å²) in [4.78, 5) is 14.1. The molecule has 1 amide bonds. The lowest BCUT2D eigenvalue weighted by atomic mass is 9.97. The van der Waals surface area contributed by atoms with Gasteiger partial charge in [0.15, 0.2) is 9.84 Å². The highest BCUT2D eigenvalue weighted by Crippen LogP contribution is 2.33. The van der Waals surface area contributed by atoms with Gasteiger partial charge in [-0.25, -0.2) is 8.42 Å². The highest BCUT2D eigenvalue weighted by molar-refractivity contribution is 7.91. The SMILES string of the molecule is O=C(CC1CNc2ccccc21)N1CCCS(=O)(=O)CC1. The number of para-hydroxylation sites is 1. The van der Waals surface area contributed by atoms with Gasteiger partial charge in [0.1, 0.15) is 0 Å². The van der Waals surface area contributed by atoms with Gasteiger partial charge < -0.3 is 10.2 Å². The van der Waals surface area contributed by atoms with E-state index in [4.69, 9.17) is 0 Å². The molecule has 0 spiro atoms. The Bertz CT molecular complexity index is 642. The van der Waals surface area contributed by atoms with Crippen LogP contribution >= 0.6 is 0 Å².